The highest BCUT2D eigenvalue weighted by Crippen LogP contribution is 2.23. The highest BCUT2D eigenvalue weighted by Gasteiger charge is 2.19. The first-order chi connectivity index (χ1) is 8.63. The first kappa shape index (κ1) is 14.4. The number of hydrazine groups is 1. The van der Waals surface area contributed by atoms with Gasteiger partial charge in [-0.2, -0.15) is 0 Å². The highest BCUT2D eigenvalue weighted by molar-refractivity contribution is 5.77. The Bertz CT molecular complexity index is 402. The van der Waals surface area contributed by atoms with Gasteiger partial charge in [-0.15, -0.1) is 0 Å². The molecule has 0 aromatic carbocycles. The third-order valence-corrected chi connectivity index (χ3v) is 3.06. The van der Waals surface area contributed by atoms with Gasteiger partial charge in [0.15, 0.2) is 0 Å². The first-order valence-electron chi connectivity index (χ1n) is 6.29. The Morgan fingerprint density at radius 1 is 1.33 bits per heavy atom. The van der Waals surface area contributed by atoms with Crippen LogP contribution in [0.15, 0.2) is 23.1 Å². The molecular weight excluding hydrogens is 230 g/mol. The molecule has 1 amide bonds. The Kier molecular flexibility index (Phi) is 6.14. The predicted molar refractivity (Wildman–Crippen MR) is 70.7 cm³/mol. The Balaban J connectivity index is 0.000000184. The van der Waals surface area contributed by atoms with E-state index in [0.29, 0.717) is 0 Å². The smallest absolute Gasteiger partial charge is 0.247 e. The van der Waals surface area contributed by atoms with Gasteiger partial charge in [-0.1, -0.05) is 25.3 Å². The number of aromatic nitrogens is 1. The average Bonchev–Trinajstić information content (AvgIpc) is 2.43. The standard InChI is InChI=1S/C7H14N2O.C6H7NO/c8-9-7(10)6-4-2-1-3-5-6;1-5-2-3-6(8)7-4-5/h6H,1-5,8H2,(H,9,10);2-4H,1H3,(H,7,8). The van der Waals surface area contributed by atoms with Crippen LogP contribution >= 0.6 is 0 Å². The minimum Gasteiger partial charge on any atom is -0.329 e. The van der Waals surface area contributed by atoms with Crippen molar-refractivity contribution < 1.29 is 4.79 Å². The lowest BCUT2D eigenvalue weighted by molar-refractivity contribution is -0.125. The molecule has 1 aliphatic carbocycles. The van der Waals surface area contributed by atoms with Crippen LogP contribution < -0.4 is 16.8 Å². The van der Waals surface area contributed by atoms with Crippen LogP contribution in [0.5, 0.6) is 0 Å². The van der Waals surface area contributed by atoms with Crippen LogP contribution in [0.3, 0.4) is 0 Å². The maximum absolute atomic E-state index is 10.9. The number of H-pyrrole nitrogens is 1. The van der Waals surface area contributed by atoms with Gasteiger partial charge in [0, 0.05) is 18.2 Å². The van der Waals surface area contributed by atoms with Gasteiger partial charge in [0.25, 0.3) is 0 Å². The van der Waals surface area contributed by atoms with E-state index in [1.165, 1.54) is 25.3 Å². The molecule has 0 unspecified atom stereocenters. The molecule has 0 spiro atoms. The fraction of sp³-hybridized carbons (Fsp3) is 0.538. The predicted octanol–water partition coefficient (Wildman–Crippen LogP) is 1.24. The fourth-order valence-electron chi connectivity index (χ4n) is 1.97. The van der Waals surface area contributed by atoms with Crippen molar-refractivity contribution in [1.82, 2.24) is 10.4 Å². The van der Waals surface area contributed by atoms with Crippen LogP contribution in [0.2, 0.25) is 0 Å². The molecule has 1 fully saturated rings. The quantitative estimate of drug-likeness (QED) is 0.398. The van der Waals surface area contributed by atoms with Gasteiger partial charge >= 0.3 is 0 Å². The maximum atomic E-state index is 10.9. The molecule has 1 aliphatic rings. The number of nitrogens with two attached hydrogens (primary N) is 1. The summed E-state index contributed by atoms with van der Waals surface area (Å²) < 4.78 is 0. The maximum Gasteiger partial charge on any atom is 0.247 e. The van der Waals surface area contributed by atoms with Crippen LogP contribution in [0.1, 0.15) is 37.7 Å². The van der Waals surface area contributed by atoms with Gasteiger partial charge in [0.2, 0.25) is 11.5 Å². The highest BCUT2D eigenvalue weighted by atomic mass is 16.2. The number of nitrogens with one attached hydrogen (secondary N) is 2. The molecule has 0 radical (unpaired) electrons. The molecular formula is C13H21N3O2. The lowest BCUT2D eigenvalue weighted by Crippen LogP contribution is -2.36. The molecule has 5 heteroatoms. The number of aromatic amines is 1. The summed E-state index contributed by atoms with van der Waals surface area (Å²) in [6.45, 7) is 1.93. The molecule has 1 aromatic heterocycles. The minimum atomic E-state index is -0.0457. The van der Waals surface area contributed by atoms with Crippen molar-refractivity contribution >= 4 is 5.91 Å². The second-order valence-corrected chi connectivity index (χ2v) is 4.57. The van der Waals surface area contributed by atoms with Crippen LogP contribution in [0, 0.1) is 12.8 Å². The summed E-state index contributed by atoms with van der Waals surface area (Å²) in [5, 5.41) is 0. The lowest BCUT2D eigenvalue weighted by Gasteiger charge is -2.19. The van der Waals surface area contributed by atoms with Gasteiger partial charge in [0.05, 0.1) is 0 Å². The number of carbonyl (C=O) groups is 1. The Labute approximate surface area is 107 Å². The average molecular weight is 251 g/mol. The zero-order valence-corrected chi connectivity index (χ0v) is 10.7. The number of aryl methyl sites for hydroxylation is 1. The van der Waals surface area contributed by atoms with E-state index >= 15 is 0 Å². The van der Waals surface area contributed by atoms with E-state index in [9.17, 15) is 9.59 Å². The zero-order valence-electron chi connectivity index (χ0n) is 10.7. The molecule has 0 bridgehead atoms. The number of hydrogen-bond acceptors (Lipinski definition) is 3. The van der Waals surface area contributed by atoms with Crippen molar-refractivity contribution in [3.8, 4) is 0 Å². The fourth-order valence-corrected chi connectivity index (χ4v) is 1.97. The van der Waals surface area contributed by atoms with Crippen LogP contribution in [0.25, 0.3) is 0 Å². The largest absolute Gasteiger partial charge is 0.329 e. The third-order valence-electron chi connectivity index (χ3n) is 3.06. The van der Waals surface area contributed by atoms with Gasteiger partial charge in [-0.3, -0.25) is 15.0 Å². The van der Waals surface area contributed by atoms with Crippen molar-refractivity contribution in [2.75, 3.05) is 0 Å². The van der Waals surface area contributed by atoms with E-state index in [1.807, 2.05) is 6.92 Å². The second-order valence-electron chi connectivity index (χ2n) is 4.57. The normalized spacial score (nSPS) is 15.4. The van der Waals surface area contributed by atoms with E-state index < -0.39 is 0 Å². The monoisotopic (exact) mass is 251 g/mol. The van der Waals surface area contributed by atoms with Crippen LogP contribution in [-0.4, -0.2) is 10.9 Å². The Morgan fingerprint density at radius 2 is 2.00 bits per heavy atom. The summed E-state index contributed by atoms with van der Waals surface area (Å²) in [4.78, 5) is 23.8. The summed E-state index contributed by atoms with van der Waals surface area (Å²) in [6.07, 6.45) is 7.35. The van der Waals surface area contributed by atoms with Gasteiger partial charge in [-0.05, 0) is 25.3 Å². The second kappa shape index (κ2) is 7.66. The topological polar surface area (TPSA) is 88.0 Å². The van der Waals surface area contributed by atoms with Crippen molar-refractivity contribution in [3.05, 3.63) is 34.2 Å². The van der Waals surface area contributed by atoms with Crippen molar-refractivity contribution in [2.24, 2.45) is 11.8 Å². The SMILES string of the molecule is Cc1ccc(=O)[nH]c1.NNC(=O)C1CCCCC1. The molecule has 1 aromatic rings. The van der Waals surface area contributed by atoms with E-state index in [2.05, 4.69) is 10.4 Å². The van der Waals surface area contributed by atoms with Crippen LogP contribution in [-0.2, 0) is 4.79 Å². The summed E-state index contributed by atoms with van der Waals surface area (Å²) in [6, 6.07) is 3.29. The Hall–Kier alpha value is -1.62. The number of carbonyl (C=O) groups excluding carboxylic acids is 1. The van der Waals surface area contributed by atoms with Gasteiger partial charge < -0.3 is 4.98 Å². The summed E-state index contributed by atoms with van der Waals surface area (Å²) in [5.74, 6) is 5.21. The molecule has 18 heavy (non-hydrogen) atoms. The summed E-state index contributed by atoms with van der Waals surface area (Å²) in [5.41, 5.74) is 3.22. The molecule has 5 nitrogen and oxygen atoms in total. The molecule has 0 saturated heterocycles. The third kappa shape index (κ3) is 5.14. The molecule has 2 rings (SSSR count). The van der Waals surface area contributed by atoms with Gasteiger partial charge in [0.1, 0.15) is 0 Å². The molecule has 1 saturated carbocycles. The molecule has 0 aliphatic heterocycles. The van der Waals surface area contributed by atoms with Crippen molar-refractivity contribution in [1.29, 1.82) is 0 Å². The number of hydrogen-bond donors (Lipinski definition) is 3. The van der Waals surface area contributed by atoms with E-state index in [4.69, 9.17) is 5.84 Å². The van der Waals surface area contributed by atoms with Gasteiger partial charge in [-0.25, -0.2) is 5.84 Å². The summed E-state index contributed by atoms with van der Waals surface area (Å²) >= 11 is 0. The summed E-state index contributed by atoms with van der Waals surface area (Å²) in [7, 11) is 0. The molecule has 1 heterocycles. The van der Waals surface area contributed by atoms with E-state index in [0.717, 1.165) is 18.4 Å². The molecule has 0 atom stereocenters. The van der Waals surface area contributed by atoms with Crippen molar-refractivity contribution in [3.63, 3.8) is 0 Å². The molecule has 100 valence electrons. The molecule has 4 N–H and O–H groups in total. The van der Waals surface area contributed by atoms with Crippen LogP contribution in [0.4, 0.5) is 0 Å². The minimum absolute atomic E-state index is 0.0136. The number of amides is 1. The first-order valence-corrected chi connectivity index (χ1v) is 6.29. The number of rotatable bonds is 1. The Morgan fingerprint density at radius 3 is 2.44 bits per heavy atom. The zero-order chi connectivity index (χ0) is 13.4. The number of pyridine rings is 1. The lowest BCUT2D eigenvalue weighted by atomic mass is 9.89. The van der Waals surface area contributed by atoms with E-state index in [-0.39, 0.29) is 17.4 Å². The van der Waals surface area contributed by atoms with E-state index in [1.54, 1.807) is 12.3 Å². The van der Waals surface area contributed by atoms with Crippen molar-refractivity contribution in [2.45, 2.75) is 39.0 Å².